The second kappa shape index (κ2) is 9.65. The van der Waals surface area contributed by atoms with E-state index in [1.807, 2.05) is 31.3 Å². The van der Waals surface area contributed by atoms with Gasteiger partial charge in [0.2, 0.25) is 5.91 Å². The zero-order valence-corrected chi connectivity index (χ0v) is 20.1. The summed E-state index contributed by atoms with van der Waals surface area (Å²) in [6, 6.07) is 5.82. The normalized spacial score (nSPS) is 26.7. The van der Waals surface area contributed by atoms with E-state index in [9.17, 15) is 18.0 Å². The van der Waals surface area contributed by atoms with Crippen LogP contribution in [-0.4, -0.2) is 61.4 Å². The van der Waals surface area contributed by atoms with Gasteiger partial charge < -0.3 is 19.8 Å². The lowest BCUT2D eigenvalue weighted by atomic mass is 9.81. The number of likely N-dealkylation sites (tertiary alicyclic amines) is 1. The first-order chi connectivity index (χ1) is 16.7. The second-order valence-corrected chi connectivity index (χ2v) is 10.8. The number of nitrogens with zero attached hydrogens (tertiary/aromatic N) is 1. The SMILES string of the molecule is CC1(C(=O)Nc2c[nH]c3ccc(OCCC4C[C@@H]5CN(CC(F)(F)F)C[C@@H]5C4)cc23)CCOCC1. The molecule has 3 aliphatic rings. The number of carbonyl (C=O) groups excluding carboxylic acids is 1. The van der Waals surface area contributed by atoms with Crippen molar-refractivity contribution in [3.8, 4) is 5.75 Å². The number of ether oxygens (including phenoxy) is 2. The summed E-state index contributed by atoms with van der Waals surface area (Å²) in [6.45, 7) is 4.10. The molecule has 1 unspecified atom stereocenters. The number of benzene rings is 1. The number of carbonyl (C=O) groups is 1. The van der Waals surface area contributed by atoms with E-state index >= 15 is 0 Å². The van der Waals surface area contributed by atoms with Crippen LogP contribution in [0.15, 0.2) is 24.4 Å². The standard InChI is InChI=1S/C26H34F3N3O3/c1-25(5-8-34-9-6-25)24(33)31-23-13-30-22-3-2-20(12-21(22)23)35-7-4-17-10-18-14-32(15-19(18)11-17)16-26(27,28)29/h2-3,12-13,17-19,30H,4-11,14-16H2,1H3,(H,31,33)/t17?,18-,19+. The molecule has 35 heavy (non-hydrogen) atoms. The van der Waals surface area contributed by atoms with Gasteiger partial charge in [0, 0.05) is 43.4 Å². The van der Waals surface area contributed by atoms with Crippen LogP contribution in [-0.2, 0) is 9.53 Å². The van der Waals surface area contributed by atoms with Crippen molar-refractivity contribution in [3.63, 3.8) is 0 Å². The van der Waals surface area contributed by atoms with Crippen LogP contribution in [0, 0.1) is 23.2 Å². The van der Waals surface area contributed by atoms with Gasteiger partial charge in [-0.25, -0.2) is 0 Å². The molecule has 1 saturated carbocycles. The summed E-state index contributed by atoms with van der Waals surface area (Å²) in [6.07, 6.45) is 1.99. The van der Waals surface area contributed by atoms with Crippen molar-refractivity contribution in [2.45, 2.75) is 45.2 Å². The Morgan fingerprint density at radius 1 is 1.23 bits per heavy atom. The van der Waals surface area contributed by atoms with Crippen molar-refractivity contribution in [2.24, 2.45) is 23.2 Å². The van der Waals surface area contributed by atoms with Crippen molar-refractivity contribution < 1.29 is 27.4 Å². The average molecular weight is 494 g/mol. The van der Waals surface area contributed by atoms with Gasteiger partial charge in [0.05, 0.1) is 24.3 Å². The van der Waals surface area contributed by atoms with Crippen LogP contribution in [0.4, 0.5) is 18.9 Å². The predicted molar refractivity (Wildman–Crippen MR) is 127 cm³/mol. The Balaban J connectivity index is 1.13. The van der Waals surface area contributed by atoms with E-state index in [0.717, 1.165) is 41.6 Å². The number of aromatic amines is 1. The topological polar surface area (TPSA) is 66.6 Å². The number of alkyl halides is 3. The van der Waals surface area contributed by atoms with E-state index in [-0.39, 0.29) is 5.91 Å². The maximum absolute atomic E-state index is 12.9. The fraction of sp³-hybridized carbons (Fsp3) is 0.654. The molecular formula is C26H34F3N3O3. The molecule has 2 aliphatic heterocycles. The molecule has 1 aromatic carbocycles. The Morgan fingerprint density at radius 3 is 2.63 bits per heavy atom. The van der Waals surface area contributed by atoms with Gasteiger partial charge >= 0.3 is 6.18 Å². The summed E-state index contributed by atoms with van der Waals surface area (Å²) in [4.78, 5) is 17.7. The molecule has 192 valence electrons. The Morgan fingerprint density at radius 2 is 1.94 bits per heavy atom. The van der Waals surface area contributed by atoms with Crippen LogP contribution >= 0.6 is 0 Å². The molecule has 2 N–H and O–H groups in total. The summed E-state index contributed by atoms with van der Waals surface area (Å²) in [5.41, 5.74) is 1.24. The Kier molecular flexibility index (Phi) is 6.74. The Hall–Kier alpha value is -2.26. The molecule has 2 saturated heterocycles. The average Bonchev–Trinajstić information content (AvgIpc) is 3.46. The monoisotopic (exact) mass is 493 g/mol. The number of nitrogens with one attached hydrogen (secondary N) is 2. The largest absolute Gasteiger partial charge is 0.494 e. The lowest BCUT2D eigenvalue weighted by Gasteiger charge is -2.31. The number of amides is 1. The maximum atomic E-state index is 12.9. The van der Waals surface area contributed by atoms with Crippen LogP contribution in [0.5, 0.6) is 5.75 Å². The lowest BCUT2D eigenvalue weighted by molar-refractivity contribution is -0.144. The van der Waals surface area contributed by atoms with E-state index in [2.05, 4.69) is 10.3 Å². The third kappa shape index (κ3) is 5.61. The highest BCUT2D eigenvalue weighted by Crippen LogP contribution is 2.43. The number of halogens is 3. The lowest BCUT2D eigenvalue weighted by Crippen LogP contribution is -2.38. The molecule has 6 nitrogen and oxygen atoms in total. The molecule has 9 heteroatoms. The minimum atomic E-state index is -4.11. The Bertz CT molecular complexity index is 1030. The first kappa shape index (κ1) is 24.4. The van der Waals surface area contributed by atoms with Gasteiger partial charge in [0.15, 0.2) is 0 Å². The van der Waals surface area contributed by atoms with Crippen LogP contribution < -0.4 is 10.1 Å². The number of rotatable bonds is 7. The van der Waals surface area contributed by atoms with E-state index in [4.69, 9.17) is 9.47 Å². The van der Waals surface area contributed by atoms with Crippen molar-refractivity contribution in [1.29, 1.82) is 0 Å². The number of aromatic nitrogens is 1. The van der Waals surface area contributed by atoms with Crippen molar-refractivity contribution >= 4 is 22.5 Å². The Labute approximate surface area is 203 Å². The van der Waals surface area contributed by atoms with Crippen LogP contribution in [0.25, 0.3) is 10.9 Å². The zero-order chi connectivity index (χ0) is 24.6. The van der Waals surface area contributed by atoms with Gasteiger partial charge in [0.25, 0.3) is 0 Å². The zero-order valence-electron chi connectivity index (χ0n) is 20.1. The molecule has 1 amide bonds. The number of anilines is 1. The smallest absolute Gasteiger partial charge is 0.401 e. The first-order valence-corrected chi connectivity index (χ1v) is 12.6. The van der Waals surface area contributed by atoms with E-state index in [1.165, 1.54) is 0 Å². The van der Waals surface area contributed by atoms with Crippen molar-refractivity contribution in [2.75, 3.05) is 44.8 Å². The van der Waals surface area contributed by atoms with Crippen LogP contribution in [0.1, 0.15) is 39.0 Å². The summed E-state index contributed by atoms with van der Waals surface area (Å²) in [5, 5.41) is 4.00. The summed E-state index contributed by atoms with van der Waals surface area (Å²) in [7, 11) is 0. The minimum absolute atomic E-state index is 0.00797. The van der Waals surface area contributed by atoms with E-state index in [1.54, 1.807) is 4.90 Å². The summed E-state index contributed by atoms with van der Waals surface area (Å²) < 4.78 is 49.5. The highest BCUT2D eigenvalue weighted by Gasteiger charge is 2.43. The van der Waals surface area contributed by atoms with Gasteiger partial charge in [-0.15, -0.1) is 0 Å². The van der Waals surface area contributed by atoms with Gasteiger partial charge in [-0.05, 0) is 68.1 Å². The number of H-pyrrole nitrogens is 1. The summed E-state index contributed by atoms with van der Waals surface area (Å²) >= 11 is 0. The van der Waals surface area contributed by atoms with Gasteiger partial charge in [-0.2, -0.15) is 13.2 Å². The highest BCUT2D eigenvalue weighted by atomic mass is 19.4. The molecule has 2 aromatic rings. The molecule has 5 rings (SSSR count). The highest BCUT2D eigenvalue weighted by molar-refractivity contribution is 6.03. The molecule has 3 atom stereocenters. The molecule has 0 spiro atoms. The fourth-order valence-corrected chi connectivity index (χ4v) is 6.10. The minimum Gasteiger partial charge on any atom is -0.494 e. The molecule has 3 heterocycles. The van der Waals surface area contributed by atoms with Crippen molar-refractivity contribution in [1.82, 2.24) is 9.88 Å². The molecule has 1 aliphatic carbocycles. The molecule has 3 fully saturated rings. The maximum Gasteiger partial charge on any atom is 0.401 e. The number of hydrogen-bond acceptors (Lipinski definition) is 4. The quantitative estimate of drug-likeness (QED) is 0.556. The number of hydrogen-bond donors (Lipinski definition) is 2. The van der Waals surface area contributed by atoms with Crippen LogP contribution in [0.3, 0.4) is 0 Å². The molecule has 0 radical (unpaired) electrons. The van der Waals surface area contributed by atoms with E-state index in [0.29, 0.717) is 63.5 Å². The van der Waals surface area contributed by atoms with E-state index < -0.39 is 18.1 Å². The third-order valence-electron chi connectivity index (χ3n) is 8.17. The molecule has 0 bridgehead atoms. The second-order valence-electron chi connectivity index (χ2n) is 10.8. The predicted octanol–water partition coefficient (Wildman–Crippen LogP) is 5.21. The van der Waals surface area contributed by atoms with Gasteiger partial charge in [-0.3, -0.25) is 9.69 Å². The summed E-state index contributed by atoms with van der Waals surface area (Å²) in [5.74, 6) is 2.02. The molecular weight excluding hydrogens is 459 g/mol. The van der Waals surface area contributed by atoms with Crippen molar-refractivity contribution in [3.05, 3.63) is 24.4 Å². The third-order valence-corrected chi connectivity index (χ3v) is 8.17. The first-order valence-electron chi connectivity index (χ1n) is 12.6. The van der Waals surface area contributed by atoms with Gasteiger partial charge in [0.1, 0.15) is 5.75 Å². The fourth-order valence-electron chi connectivity index (χ4n) is 6.10. The number of fused-ring (bicyclic) bond motifs is 2. The van der Waals surface area contributed by atoms with Gasteiger partial charge in [-0.1, -0.05) is 6.92 Å². The molecule has 1 aromatic heterocycles. The van der Waals surface area contributed by atoms with Crippen LogP contribution in [0.2, 0.25) is 0 Å².